The third-order valence-electron chi connectivity index (χ3n) is 2.58. The minimum Gasteiger partial charge on any atom is -0.443 e. The average molecular weight is 349 g/mol. The summed E-state index contributed by atoms with van der Waals surface area (Å²) in [6.45, 7) is 5.84. The Hall–Kier alpha value is -2.17. The maximum atomic E-state index is 12.4. The van der Waals surface area contributed by atoms with Gasteiger partial charge in [-0.1, -0.05) is 32.1 Å². The van der Waals surface area contributed by atoms with Crippen LogP contribution in [-0.2, 0) is 18.1 Å². The molecule has 2 amide bonds. The van der Waals surface area contributed by atoms with Crippen LogP contribution in [-0.4, -0.2) is 21.2 Å². The molecular weight excluding hydrogens is 335 g/mol. The summed E-state index contributed by atoms with van der Waals surface area (Å²) in [5.74, 6) is 0.951. The van der Waals surface area contributed by atoms with Crippen molar-refractivity contribution in [3.05, 3.63) is 22.9 Å². The van der Waals surface area contributed by atoms with Crippen LogP contribution in [0, 0.1) is 0 Å². The van der Waals surface area contributed by atoms with Gasteiger partial charge in [-0.05, 0) is 0 Å². The van der Waals surface area contributed by atoms with Gasteiger partial charge in [0.2, 0.25) is 16.0 Å². The fourth-order valence-corrected chi connectivity index (χ4v) is 2.03. The molecule has 2 heterocycles. The highest BCUT2D eigenvalue weighted by Gasteiger charge is 2.35. The van der Waals surface area contributed by atoms with E-state index in [4.69, 9.17) is 4.42 Å². The molecule has 0 saturated carbocycles. The van der Waals surface area contributed by atoms with E-state index in [2.05, 4.69) is 25.8 Å². The van der Waals surface area contributed by atoms with Gasteiger partial charge in [-0.15, -0.1) is 10.2 Å². The summed E-state index contributed by atoms with van der Waals surface area (Å²) in [5, 5.41) is 9.41. The predicted octanol–water partition coefficient (Wildman–Crippen LogP) is 3.16. The van der Waals surface area contributed by atoms with Gasteiger partial charge in [0, 0.05) is 5.41 Å². The minimum atomic E-state index is -4.59. The number of oxazole rings is 1. The maximum absolute atomic E-state index is 12.4. The first-order valence-electron chi connectivity index (χ1n) is 6.46. The lowest BCUT2D eigenvalue weighted by molar-refractivity contribution is -0.138. The molecule has 0 atom stereocenters. The number of nitrogens with one attached hydrogen (secondary N) is 2. The van der Waals surface area contributed by atoms with E-state index in [1.165, 1.54) is 0 Å². The summed E-state index contributed by atoms with van der Waals surface area (Å²) >= 11 is 0.239. The van der Waals surface area contributed by atoms with Crippen LogP contribution >= 0.6 is 11.3 Å². The van der Waals surface area contributed by atoms with E-state index in [-0.39, 0.29) is 28.4 Å². The number of hydrogen-bond acceptors (Lipinski definition) is 6. The van der Waals surface area contributed by atoms with Crippen molar-refractivity contribution in [1.29, 1.82) is 0 Å². The number of anilines is 1. The Morgan fingerprint density at radius 1 is 1.30 bits per heavy atom. The first kappa shape index (κ1) is 17.2. The summed E-state index contributed by atoms with van der Waals surface area (Å²) in [6, 6.07) is -0.731. The Morgan fingerprint density at radius 3 is 2.52 bits per heavy atom. The van der Waals surface area contributed by atoms with Gasteiger partial charge < -0.3 is 9.73 Å². The highest BCUT2D eigenvalue weighted by Crippen LogP contribution is 2.32. The molecule has 0 spiro atoms. The van der Waals surface area contributed by atoms with Gasteiger partial charge >= 0.3 is 12.2 Å². The molecule has 126 valence electrons. The molecule has 0 unspecified atom stereocenters. The lowest BCUT2D eigenvalue weighted by Crippen LogP contribution is -2.28. The van der Waals surface area contributed by atoms with Crippen LogP contribution in [0.4, 0.5) is 23.1 Å². The number of alkyl halides is 3. The lowest BCUT2D eigenvalue weighted by atomic mass is 9.94. The smallest absolute Gasteiger partial charge is 0.443 e. The second kappa shape index (κ2) is 6.14. The van der Waals surface area contributed by atoms with Crippen LogP contribution in [0.2, 0.25) is 0 Å². The van der Waals surface area contributed by atoms with E-state index >= 15 is 0 Å². The van der Waals surface area contributed by atoms with E-state index in [1.807, 2.05) is 20.8 Å². The molecule has 2 rings (SSSR count). The molecule has 0 bridgehead atoms. The number of halogens is 3. The molecule has 0 aliphatic carbocycles. The van der Waals surface area contributed by atoms with Crippen molar-refractivity contribution in [2.24, 2.45) is 0 Å². The molecule has 0 fully saturated rings. The van der Waals surface area contributed by atoms with Crippen LogP contribution in [0.3, 0.4) is 0 Å². The molecule has 0 saturated heterocycles. The van der Waals surface area contributed by atoms with Crippen molar-refractivity contribution >= 4 is 22.5 Å². The summed E-state index contributed by atoms with van der Waals surface area (Å²) in [4.78, 5) is 15.6. The highest BCUT2D eigenvalue weighted by atomic mass is 32.1. The summed E-state index contributed by atoms with van der Waals surface area (Å²) in [5.41, 5.74) is -0.214. The Kier molecular flexibility index (Phi) is 4.59. The fourth-order valence-electron chi connectivity index (χ4n) is 1.42. The fraction of sp³-hybridized carbons (Fsp3) is 0.500. The second-order valence-electron chi connectivity index (χ2n) is 5.59. The van der Waals surface area contributed by atoms with E-state index < -0.39 is 17.2 Å². The number of carbonyl (C=O) groups excluding carboxylic acids is 1. The van der Waals surface area contributed by atoms with E-state index in [1.54, 1.807) is 6.20 Å². The van der Waals surface area contributed by atoms with Gasteiger partial charge in [0.05, 0.1) is 12.7 Å². The topological polar surface area (TPSA) is 92.9 Å². The van der Waals surface area contributed by atoms with Gasteiger partial charge in [0.15, 0.2) is 0 Å². The van der Waals surface area contributed by atoms with Gasteiger partial charge in [0.1, 0.15) is 5.76 Å². The van der Waals surface area contributed by atoms with Crippen LogP contribution < -0.4 is 10.6 Å². The molecule has 0 aliphatic rings. The molecule has 2 N–H and O–H groups in total. The van der Waals surface area contributed by atoms with Crippen molar-refractivity contribution in [3.8, 4) is 0 Å². The number of urea groups is 1. The van der Waals surface area contributed by atoms with Gasteiger partial charge in [-0.2, -0.15) is 13.2 Å². The van der Waals surface area contributed by atoms with Crippen molar-refractivity contribution < 1.29 is 22.4 Å². The van der Waals surface area contributed by atoms with Gasteiger partial charge in [0.25, 0.3) is 0 Å². The minimum absolute atomic E-state index is 0.00710. The number of carbonyl (C=O) groups is 1. The molecule has 2 aromatic heterocycles. The average Bonchev–Trinajstić information content (AvgIpc) is 3.03. The first-order valence-corrected chi connectivity index (χ1v) is 7.28. The van der Waals surface area contributed by atoms with Crippen LogP contribution in [0.5, 0.6) is 0 Å². The zero-order valence-electron chi connectivity index (χ0n) is 12.5. The Labute approximate surface area is 133 Å². The normalized spacial score (nSPS) is 12.3. The lowest BCUT2D eigenvalue weighted by Gasteiger charge is -2.13. The monoisotopic (exact) mass is 349 g/mol. The second-order valence-corrected chi connectivity index (χ2v) is 6.56. The number of aromatic nitrogens is 3. The third-order valence-corrected chi connectivity index (χ3v) is 3.46. The number of rotatable bonds is 3. The number of amides is 2. The Bertz CT molecular complexity index is 689. The zero-order valence-corrected chi connectivity index (χ0v) is 13.3. The Balaban J connectivity index is 1.88. The first-order chi connectivity index (χ1) is 10.6. The number of nitrogens with zero attached hydrogens (tertiary/aromatic N) is 3. The molecular formula is C12H14F3N5O2S. The van der Waals surface area contributed by atoms with E-state index in [0.717, 1.165) is 0 Å². The van der Waals surface area contributed by atoms with E-state index in [9.17, 15) is 18.0 Å². The predicted molar refractivity (Wildman–Crippen MR) is 76.0 cm³/mol. The largest absolute Gasteiger partial charge is 0.445 e. The van der Waals surface area contributed by atoms with Crippen LogP contribution in [0.25, 0.3) is 0 Å². The molecule has 0 aliphatic heterocycles. The molecule has 11 heteroatoms. The van der Waals surface area contributed by atoms with Crippen molar-refractivity contribution in [2.75, 3.05) is 5.32 Å². The van der Waals surface area contributed by atoms with Crippen molar-refractivity contribution in [3.63, 3.8) is 0 Å². The molecule has 0 radical (unpaired) electrons. The molecule has 0 aromatic carbocycles. The number of hydrogen-bond donors (Lipinski definition) is 2. The van der Waals surface area contributed by atoms with Crippen LogP contribution in [0.15, 0.2) is 10.6 Å². The summed E-state index contributed by atoms with van der Waals surface area (Å²) < 4.78 is 42.6. The molecule has 2 aromatic rings. The van der Waals surface area contributed by atoms with Crippen molar-refractivity contribution in [2.45, 2.75) is 38.9 Å². The zero-order chi connectivity index (χ0) is 17.3. The van der Waals surface area contributed by atoms with Crippen LogP contribution in [0.1, 0.15) is 37.4 Å². The van der Waals surface area contributed by atoms with E-state index in [0.29, 0.717) is 11.7 Å². The van der Waals surface area contributed by atoms with Gasteiger partial charge in [-0.25, -0.2) is 9.78 Å². The molecule has 7 nitrogen and oxygen atoms in total. The SMILES string of the molecule is CC(C)(C)c1cnc(CNC(=O)Nc2nnc(C(F)(F)F)s2)o1. The highest BCUT2D eigenvalue weighted by molar-refractivity contribution is 7.15. The summed E-state index contributed by atoms with van der Waals surface area (Å²) in [6.07, 6.45) is -3.02. The van der Waals surface area contributed by atoms with Gasteiger partial charge in [-0.3, -0.25) is 5.32 Å². The maximum Gasteiger partial charge on any atom is 0.445 e. The third kappa shape index (κ3) is 4.65. The van der Waals surface area contributed by atoms with Crippen molar-refractivity contribution in [1.82, 2.24) is 20.5 Å². The Morgan fingerprint density at radius 2 is 2.00 bits per heavy atom. The summed E-state index contributed by atoms with van der Waals surface area (Å²) in [7, 11) is 0. The quantitative estimate of drug-likeness (QED) is 0.888. The molecule has 23 heavy (non-hydrogen) atoms. The standard InChI is InChI=1S/C12H14F3N5O2S/c1-11(2,3)6-4-16-7(22-6)5-17-9(21)18-10-20-19-8(23-10)12(13,14)15/h4H,5H2,1-3H3,(H2,17,18,20,21).